The Bertz CT molecular complexity index is 892. The molecule has 0 aliphatic heterocycles. The molecule has 1 amide bonds. The van der Waals surface area contributed by atoms with Gasteiger partial charge in [0, 0.05) is 16.3 Å². The van der Waals surface area contributed by atoms with Gasteiger partial charge in [-0.3, -0.25) is 4.79 Å². The molecule has 2 aromatic carbocycles. The lowest BCUT2D eigenvalue weighted by atomic mass is 10.2. The Morgan fingerprint density at radius 3 is 2.79 bits per heavy atom. The van der Waals surface area contributed by atoms with Crippen LogP contribution in [-0.2, 0) is 0 Å². The van der Waals surface area contributed by atoms with E-state index < -0.39 is 5.91 Å². The van der Waals surface area contributed by atoms with Crippen molar-refractivity contribution in [1.82, 2.24) is 10.2 Å². The topological polar surface area (TPSA) is 77.2 Å². The Hall–Kier alpha value is -2.86. The van der Waals surface area contributed by atoms with Crippen molar-refractivity contribution in [2.45, 2.75) is 6.92 Å². The van der Waals surface area contributed by atoms with Crippen molar-refractivity contribution < 1.29 is 13.9 Å². The number of hydrogen-bond acceptors (Lipinski definition) is 5. The highest BCUT2D eigenvalue weighted by Gasteiger charge is 2.16. The van der Waals surface area contributed by atoms with Crippen LogP contribution in [0.3, 0.4) is 0 Å². The lowest BCUT2D eigenvalue weighted by molar-refractivity contribution is 0.0991. The number of aryl methyl sites for hydroxylation is 1. The number of aromatic nitrogens is 2. The summed E-state index contributed by atoms with van der Waals surface area (Å²) in [5, 5.41) is 10.9. The molecule has 6 nitrogen and oxygen atoms in total. The zero-order valence-corrected chi connectivity index (χ0v) is 13.8. The molecular formula is C17H14ClN3O3. The van der Waals surface area contributed by atoms with Gasteiger partial charge in [-0.1, -0.05) is 23.7 Å². The Kier molecular flexibility index (Phi) is 4.48. The number of methoxy groups -OCH3 is 1. The third kappa shape index (κ3) is 3.38. The van der Waals surface area contributed by atoms with E-state index >= 15 is 0 Å². The molecule has 122 valence electrons. The van der Waals surface area contributed by atoms with Gasteiger partial charge < -0.3 is 14.5 Å². The van der Waals surface area contributed by atoms with Gasteiger partial charge in [0.05, 0.1) is 7.11 Å². The average molecular weight is 344 g/mol. The van der Waals surface area contributed by atoms with Crippen molar-refractivity contribution in [2.24, 2.45) is 0 Å². The maximum absolute atomic E-state index is 12.2. The standard InChI is InChI=1S/C17H14ClN3O3/c1-10-6-7-12(9-14(10)18)19-15(22)17-21-20-16(24-17)11-4-3-5-13(8-11)23-2/h3-9H,1-2H3,(H,19,22). The first-order valence-electron chi connectivity index (χ1n) is 7.12. The van der Waals surface area contributed by atoms with Crippen molar-refractivity contribution in [3.05, 3.63) is 58.9 Å². The fraction of sp³-hybridized carbons (Fsp3) is 0.118. The second kappa shape index (κ2) is 6.72. The fourth-order valence-corrected chi connectivity index (χ4v) is 2.22. The van der Waals surface area contributed by atoms with E-state index in [0.29, 0.717) is 22.0 Å². The van der Waals surface area contributed by atoms with Crippen LogP contribution in [0.1, 0.15) is 16.2 Å². The van der Waals surface area contributed by atoms with Crippen molar-refractivity contribution in [1.29, 1.82) is 0 Å². The minimum atomic E-state index is -0.503. The van der Waals surface area contributed by atoms with E-state index in [-0.39, 0.29) is 11.8 Å². The van der Waals surface area contributed by atoms with Crippen molar-refractivity contribution in [2.75, 3.05) is 12.4 Å². The van der Waals surface area contributed by atoms with E-state index in [1.165, 1.54) is 0 Å². The van der Waals surface area contributed by atoms with Gasteiger partial charge >= 0.3 is 11.8 Å². The van der Waals surface area contributed by atoms with Crippen molar-refractivity contribution >= 4 is 23.2 Å². The second-order valence-electron chi connectivity index (χ2n) is 5.06. The Labute approximate surface area is 143 Å². The Morgan fingerprint density at radius 1 is 1.21 bits per heavy atom. The lowest BCUT2D eigenvalue weighted by Gasteiger charge is -2.04. The van der Waals surface area contributed by atoms with Crippen LogP contribution in [0.4, 0.5) is 5.69 Å². The van der Waals surface area contributed by atoms with Crippen molar-refractivity contribution in [3.8, 4) is 17.2 Å². The number of benzene rings is 2. The molecule has 0 aliphatic rings. The number of amides is 1. The van der Waals surface area contributed by atoms with Crippen molar-refractivity contribution in [3.63, 3.8) is 0 Å². The summed E-state index contributed by atoms with van der Waals surface area (Å²) in [6.45, 7) is 1.88. The number of hydrogen-bond donors (Lipinski definition) is 1. The predicted octanol–water partition coefficient (Wildman–Crippen LogP) is 3.96. The van der Waals surface area contributed by atoms with Crippen LogP contribution in [0.2, 0.25) is 5.02 Å². The Balaban J connectivity index is 1.79. The zero-order valence-electron chi connectivity index (χ0n) is 13.0. The van der Waals surface area contributed by atoms with Crippen LogP contribution in [-0.4, -0.2) is 23.2 Å². The molecule has 3 rings (SSSR count). The average Bonchev–Trinajstić information content (AvgIpc) is 3.08. The van der Waals surface area contributed by atoms with Crippen LogP contribution >= 0.6 is 11.6 Å². The molecule has 0 saturated carbocycles. The summed E-state index contributed by atoms with van der Waals surface area (Å²) >= 11 is 6.04. The highest BCUT2D eigenvalue weighted by Crippen LogP contribution is 2.23. The molecule has 3 aromatic rings. The van der Waals surface area contributed by atoms with Gasteiger partial charge in [-0.15, -0.1) is 10.2 Å². The largest absolute Gasteiger partial charge is 0.497 e. The highest BCUT2D eigenvalue weighted by atomic mass is 35.5. The summed E-state index contributed by atoms with van der Waals surface area (Å²) < 4.78 is 10.6. The SMILES string of the molecule is COc1cccc(-c2nnc(C(=O)Nc3ccc(C)c(Cl)c3)o2)c1. The smallest absolute Gasteiger partial charge is 0.313 e. The molecule has 0 aliphatic carbocycles. The van der Waals surface area contributed by atoms with E-state index in [4.69, 9.17) is 20.8 Å². The van der Waals surface area contributed by atoms with Crippen LogP contribution in [0, 0.1) is 6.92 Å². The first-order chi connectivity index (χ1) is 11.6. The molecule has 1 N–H and O–H groups in total. The molecule has 0 spiro atoms. The number of halogens is 1. The molecule has 0 atom stereocenters. The normalized spacial score (nSPS) is 10.5. The number of rotatable bonds is 4. The second-order valence-corrected chi connectivity index (χ2v) is 5.47. The maximum atomic E-state index is 12.2. The molecular weight excluding hydrogens is 330 g/mol. The molecule has 7 heteroatoms. The maximum Gasteiger partial charge on any atom is 0.313 e. The van der Waals surface area contributed by atoms with E-state index in [2.05, 4.69) is 15.5 Å². The van der Waals surface area contributed by atoms with Crippen LogP contribution in [0.25, 0.3) is 11.5 Å². The quantitative estimate of drug-likeness (QED) is 0.775. The first-order valence-corrected chi connectivity index (χ1v) is 7.50. The Morgan fingerprint density at radius 2 is 2.04 bits per heavy atom. The third-order valence-electron chi connectivity index (χ3n) is 3.37. The predicted molar refractivity (Wildman–Crippen MR) is 90.4 cm³/mol. The van der Waals surface area contributed by atoms with Crippen LogP contribution < -0.4 is 10.1 Å². The molecule has 0 bridgehead atoms. The van der Waals surface area contributed by atoms with Gasteiger partial charge in [-0.2, -0.15) is 0 Å². The fourth-order valence-electron chi connectivity index (χ4n) is 2.04. The van der Waals surface area contributed by atoms with Gasteiger partial charge in [-0.25, -0.2) is 0 Å². The molecule has 1 aromatic heterocycles. The van der Waals surface area contributed by atoms with Gasteiger partial charge in [0.1, 0.15) is 5.75 Å². The van der Waals surface area contributed by atoms with E-state index in [9.17, 15) is 4.79 Å². The summed E-state index contributed by atoms with van der Waals surface area (Å²) in [6.07, 6.45) is 0. The van der Waals surface area contributed by atoms with Gasteiger partial charge in [-0.05, 0) is 42.8 Å². The van der Waals surface area contributed by atoms with Crippen LogP contribution in [0.15, 0.2) is 46.9 Å². The van der Waals surface area contributed by atoms with E-state index in [1.54, 1.807) is 43.5 Å². The third-order valence-corrected chi connectivity index (χ3v) is 3.77. The number of nitrogens with zero attached hydrogens (tertiary/aromatic N) is 2. The summed E-state index contributed by atoms with van der Waals surface area (Å²) in [6, 6.07) is 12.4. The molecule has 0 unspecified atom stereocenters. The van der Waals surface area contributed by atoms with Gasteiger partial charge in [0.2, 0.25) is 5.89 Å². The molecule has 0 saturated heterocycles. The molecule has 24 heavy (non-hydrogen) atoms. The summed E-state index contributed by atoms with van der Waals surface area (Å²) in [5.41, 5.74) is 2.14. The molecule has 1 heterocycles. The van der Waals surface area contributed by atoms with Crippen LogP contribution in [0.5, 0.6) is 5.75 Å². The summed E-state index contributed by atoms with van der Waals surface area (Å²) in [7, 11) is 1.57. The monoisotopic (exact) mass is 343 g/mol. The first kappa shape index (κ1) is 16.0. The van der Waals surface area contributed by atoms with Gasteiger partial charge in [0.15, 0.2) is 0 Å². The van der Waals surface area contributed by atoms with E-state index in [0.717, 1.165) is 5.56 Å². The molecule has 0 radical (unpaired) electrons. The number of carbonyl (C=O) groups is 1. The highest BCUT2D eigenvalue weighted by molar-refractivity contribution is 6.31. The minimum absolute atomic E-state index is 0.135. The number of anilines is 1. The summed E-state index contributed by atoms with van der Waals surface area (Å²) in [4.78, 5) is 12.2. The van der Waals surface area contributed by atoms with E-state index in [1.807, 2.05) is 13.0 Å². The number of ether oxygens (including phenoxy) is 1. The van der Waals surface area contributed by atoms with Gasteiger partial charge in [0.25, 0.3) is 0 Å². The number of carbonyl (C=O) groups excluding carboxylic acids is 1. The number of nitrogens with one attached hydrogen (secondary N) is 1. The molecule has 0 fully saturated rings. The lowest BCUT2D eigenvalue weighted by Crippen LogP contribution is -2.12. The summed E-state index contributed by atoms with van der Waals surface area (Å²) in [5.74, 6) is 0.257. The minimum Gasteiger partial charge on any atom is -0.497 e. The zero-order chi connectivity index (χ0) is 17.1.